The summed E-state index contributed by atoms with van der Waals surface area (Å²) in [6.45, 7) is 5.16. The van der Waals surface area contributed by atoms with Gasteiger partial charge in [0.2, 0.25) is 0 Å². The van der Waals surface area contributed by atoms with Crippen LogP contribution in [0.1, 0.15) is 23.1 Å². The van der Waals surface area contributed by atoms with E-state index < -0.39 is 0 Å². The second-order valence-electron chi connectivity index (χ2n) is 5.77. The molecule has 1 unspecified atom stereocenters. The quantitative estimate of drug-likeness (QED) is 0.779. The van der Waals surface area contributed by atoms with Gasteiger partial charge >= 0.3 is 0 Å². The largest absolute Gasteiger partial charge is 0.381 e. The highest BCUT2D eigenvalue weighted by molar-refractivity contribution is 9.10. The SMILES string of the molecule is CNCC(CCc1cncc(C)c1)Nc1ccc(Br)cc1C. The topological polar surface area (TPSA) is 37.0 Å². The highest BCUT2D eigenvalue weighted by Crippen LogP contribution is 2.21. The van der Waals surface area contributed by atoms with Crippen molar-refractivity contribution in [2.24, 2.45) is 0 Å². The summed E-state index contributed by atoms with van der Waals surface area (Å²) in [5.41, 5.74) is 4.98. The molecule has 1 atom stereocenters. The average molecular weight is 362 g/mol. The van der Waals surface area contributed by atoms with Crippen LogP contribution >= 0.6 is 15.9 Å². The van der Waals surface area contributed by atoms with Crippen molar-refractivity contribution in [3.63, 3.8) is 0 Å². The molecule has 0 fully saturated rings. The number of nitrogens with zero attached hydrogens (tertiary/aromatic N) is 1. The molecule has 2 N–H and O–H groups in total. The van der Waals surface area contributed by atoms with E-state index in [1.165, 1.54) is 22.4 Å². The minimum absolute atomic E-state index is 0.394. The van der Waals surface area contributed by atoms with Crippen LogP contribution in [0, 0.1) is 13.8 Å². The first-order valence-corrected chi connectivity index (χ1v) is 8.45. The number of aromatic nitrogens is 1. The summed E-state index contributed by atoms with van der Waals surface area (Å²) in [7, 11) is 2.00. The average Bonchev–Trinajstić information content (AvgIpc) is 2.48. The number of halogens is 1. The van der Waals surface area contributed by atoms with Gasteiger partial charge in [0.15, 0.2) is 0 Å². The van der Waals surface area contributed by atoms with Gasteiger partial charge in [0.25, 0.3) is 0 Å². The smallest absolute Gasteiger partial charge is 0.0389 e. The Morgan fingerprint density at radius 1 is 1.18 bits per heavy atom. The van der Waals surface area contributed by atoms with Gasteiger partial charge in [0.1, 0.15) is 0 Å². The normalized spacial score (nSPS) is 12.2. The van der Waals surface area contributed by atoms with Crippen LogP contribution in [0.25, 0.3) is 0 Å². The lowest BCUT2D eigenvalue weighted by atomic mass is 10.0. The number of benzene rings is 1. The Hall–Kier alpha value is -1.39. The van der Waals surface area contributed by atoms with Crippen molar-refractivity contribution < 1.29 is 0 Å². The van der Waals surface area contributed by atoms with Crippen LogP contribution in [0.5, 0.6) is 0 Å². The summed E-state index contributed by atoms with van der Waals surface area (Å²) >= 11 is 3.51. The molecule has 0 aliphatic heterocycles. The van der Waals surface area contributed by atoms with E-state index >= 15 is 0 Å². The minimum Gasteiger partial charge on any atom is -0.381 e. The second-order valence-corrected chi connectivity index (χ2v) is 6.68. The van der Waals surface area contributed by atoms with Gasteiger partial charge in [-0.25, -0.2) is 0 Å². The number of hydrogen-bond acceptors (Lipinski definition) is 3. The molecule has 22 heavy (non-hydrogen) atoms. The lowest BCUT2D eigenvalue weighted by molar-refractivity contribution is 0.607. The van der Waals surface area contributed by atoms with E-state index in [1.807, 2.05) is 19.4 Å². The number of likely N-dealkylation sites (N-methyl/N-ethyl adjacent to an activating group) is 1. The van der Waals surface area contributed by atoms with Gasteiger partial charge in [-0.2, -0.15) is 0 Å². The summed E-state index contributed by atoms with van der Waals surface area (Å²) in [5, 5.41) is 6.94. The number of hydrogen-bond donors (Lipinski definition) is 2. The Labute approximate surface area is 141 Å². The lowest BCUT2D eigenvalue weighted by Gasteiger charge is -2.21. The standard InChI is InChI=1S/C18H24BrN3/c1-13-8-15(11-21-10-13)4-6-17(12-20-3)22-18-7-5-16(19)9-14(18)2/h5,7-11,17,20,22H,4,6,12H2,1-3H3. The van der Waals surface area contributed by atoms with Crippen LogP contribution in [-0.2, 0) is 6.42 Å². The van der Waals surface area contributed by atoms with Gasteiger partial charge in [-0.15, -0.1) is 0 Å². The van der Waals surface area contributed by atoms with Crippen molar-refractivity contribution in [1.82, 2.24) is 10.3 Å². The molecular formula is C18H24BrN3. The van der Waals surface area contributed by atoms with E-state index in [1.54, 1.807) is 0 Å². The van der Waals surface area contributed by atoms with E-state index in [0.29, 0.717) is 6.04 Å². The summed E-state index contributed by atoms with van der Waals surface area (Å²) < 4.78 is 1.12. The fourth-order valence-electron chi connectivity index (χ4n) is 2.58. The molecule has 0 saturated heterocycles. The lowest BCUT2D eigenvalue weighted by Crippen LogP contribution is -2.31. The number of pyridine rings is 1. The highest BCUT2D eigenvalue weighted by Gasteiger charge is 2.10. The Morgan fingerprint density at radius 3 is 2.68 bits per heavy atom. The van der Waals surface area contributed by atoms with Gasteiger partial charge in [-0.05, 0) is 68.6 Å². The predicted octanol–water partition coefficient (Wildman–Crippen LogP) is 4.09. The fraction of sp³-hybridized carbons (Fsp3) is 0.389. The molecule has 0 aliphatic rings. The molecular weight excluding hydrogens is 338 g/mol. The molecule has 0 aliphatic carbocycles. The third kappa shape index (κ3) is 5.11. The zero-order chi connectivity index (χ0) is 15.9. The monoisotopic (exact) mass is 361 g/mol. The van der Waals surface area contributed by atoms with Crippen molar-refractivity contribution in [2.45, 2.75) is 32.7 Å². The third-order valence-electron chi connectivity index (χ3n) is 3.71. The molecule has 1 aromatic heterocycles. The maximum Gasteiger partial charge on any atom is 0.0389 e. The maximum atomic E-state index is 4.27. The number of anilines is 1. The number of rotatable bonds is 7. The molecule has 1 heterocycles. The van der Waals surface area contributed by atoms with Crippen LogP contribution < -0.4 is 10.6 Å². The van der Waals surface area contributed by atoms with Crippen molar-refractivity contribution in [3.05, 3.63) is 57.8 Å². The van der Waals surface area contributed by atoms with E-state index in [2.05, 4.69) is 69.7 Å². The first-order valence-electron chi connectivity index (χ1n) is 7.66. The first kappa shape index (κ1) is 17.0. The maximum absolute atomic E-state index is 4.27. The van der Waals surface area contributed by atoms with Crippen LogP contribution in [0.15, 0.2) is 41.1 Å². The molecule has 0 saturated carbocycles. The Kier molecular flexibility index (Phi) is 6.40. The first-order chi connectivity index (χ1) is 10.6. The van der Waals surface area contributed by atoms with Gasteiger partial charge in [-0.1, -0.05) is 22.0 Å². The predicted molar refractivity (Wildman–Crippen MR) is 97.5 cm³/mol. The Bertz CT molecular complexity index is 613. The molecule has 2 aromatic rings. The van der Waals surface area contributed by atoms with E-state index in [9.17, 15) is 0 Å². The van der Waals surface area contributed by atoms with Crippen LogP contribution in [-0.4, -0.2) is 24.6 Å². The minimum atomic E-state index is 0.394. The molecule has 4 heteroatoms. The second kappa shape index (κ2) is 8.30. The summed E-state index contributed by atoms with van der Waals surface area (Å²) in [4.78, 5) is 4.27. The highest BCUT2D eigenvalue weighted by atomic mass is 79.9. The summed E-state index contributed by atoms with van der Waals surface area (Å²) in [6, 6.07) is 8.97. The van der Waals surface area contributed by atoms with Gasteiger partial charge in [0.05, 0.1) is 0 Å². The zero-order valence-corrected chi connectivity index (χ0v) is 15.1. The van der Waals surface area contributed by atoms with Crippen molar-refractivity contribution >= 4 is 21.6 Å². The third-order valence-corrected chi connectivity index (χ3v) is 4.20. The molecule has 0 amide bonds. The van der Waals surface area contributed by atoms with E-state index in [-0.39, 0.29) is 0 Å². The molecule has 118 valence electrons. The summed E-state index contributed by atoms with van der Waals surface area (Å²) in [6.07, 6.45) is 5.97. The van der Waals surface area contributed by atoms with Crippen LogP contribution in [0.4, 0.5) is 5.69 Å². The summed E-state index contributed by atoms with van der Waals surface area (Å²) in [5.74, 6) is 0. The van der Waals surface area contributed by atoms with Crippen molar-refractivity contribution in [1.29, 1.82) is 0 Å². The van der Waals surface area contributed by atoms with Crippen LogP contribution in [0.2, 0.25) is 0 Å². The van der Waals surface area contributed by atoms with Gasteiger partial charge in [-0.3, -0.25) is 4.98 Å². The van der Waals surface area contributed by atoms with Crippen molar-refractivity contribution in [2.75, 3.05) is 18.9 Å². The van der Waals surface area contributed by atoms with E-state index in [0.717, 1.165) is 23.9 Å². The van der Waals surface area contributed by atoms with Crippen LogP contribution in [0.3, 0.4) is 0 Å². The molecule has 1 aromatic carbocycles. The molecule has 0 bridgehead atoms. The van der Waals surface area contributed by atoms with Gasteiger partial charge < -0.3 is 10.6 Å². The molecule has 3 nitrogen and oxygen atoms in total. The Morgan fingerprint density at radius 2 is 2.00 bits per heavy atom. The number of nitrogens with one attached hydrogen (secondary N) is 2. The molecule has 0 radical (unpaired) electrons. The fourth-order valence-corrected chi connectivity index (χ4v) is 3.05. The van der Waals surface area contributed by atoms with E-state index in [4.69, 9.17) is 0 Å². The van der Waals surface area contributed by atoms with Gasteiger partial charge in [0, 0.05) is 35.1 Å². The van der Waals surface area contributed by atoms with Crippen molar-refractivity contribution in [3.8, 4) is 0 Å². The molecule has 0 spiro atoms. The molecule has 2 rings (SSSR count). The number of aryl methyl sites for hydroxylation is 3. The zero-order valence-electron chi connectivity index (χ0n) is 13.5. The Balaban J connectivity index is 2.00.